The molecule has 150 valence electrons. The third-order valence-electron chi connectivity index (χ3n) is 5.05. The Morgan fingerprint density at radius 2 is 2.00 bits per heavy atom. The van der Waals surface area contributed by atoms with Gasteiger partial charge in [-0.1, -0.05) is 17.7 Å². The number of amides is 3. The average molecular weight is 385 g/mol. The maximum atomic E-state index is 12.4. The number of nitrogens with zero attached hydrogens (tertiary/aromatic N) is 1. The van der Waals surface area contributed by atoms with Crippen molar-refractivity contribution < 1.29 is 18.7 Å². The summed E-state index contributed by atoms with van der Waals surface area (Å²) in [5.41, 5.74) is 2.05. The Kier molecular flexibility index (Phi) is 6.23. The zero-order valence-corrected chi connectivity index (χ0v) is 16.5. The number of aryl methyl sites for hydroxylation is 1. The summed E-state index contributed by atoms with van der Waals surface area (Å²) in [5, 5.41) is 5.99. The van der Waals surface area contributed by atoms with Crippen LogP contribution in [-0.2, 0) is 0 Å². The summed E-state index contributed by atoms with van der Waals surface area (Å²) in [6.07, 6.45) is 2.92. The first-order chi connectivity index (χ1) is 13.5. The molecule has 0 aliphatic carbocycles. The molecule has 3 rings (SSSR count). The molecule has 1 unspecified atom stereocenters. The Bertz CT molecular complexity index is 811. The fourth-order valence-electron chi connectivity index (χ4n) is 3.48. The van der Waals surface area contributed by atoms with E-state index in [1.807, 2.05) is 32.0 Å². The van der Waals surface area contributed by atoms with Crippen molar-refractivity contribution in [2.75, 3.05) is 20.2 Å². The fourth-order valence-corrected chi connectivity index (χ4v) is 3.48. The number of rotatable bonds is 5. The predicted molar refractivity (Wildman–Crippen MR) is 105 cm³/mol. The molecule has 0 saturated carbocycles. The molecule has 3 amide bonds. The Labute approximate surface area is 165 Å². The first-order valence-electron chi connectivity index (χ1n) is 9.52. The van der Waals surface area contributed by atoms with Crippen molar-refractivity contribution in [2.45, 2.75) is 38.8 Å². The Morgan fingerprint density at radius 1 is 1.25 bits per heavy atom. The van der Waals surface area contributed by atoms with Crippen LogP contribution in [-0.4, -0.2) is 43.1 Å². The van der Waals surface area contributed by atoms with Crippen LogP contribution in [0, 0.1) is 6.92 Å². The van der Waals surface area contributed by atoms with Crippen LogP contribution in [0.3, 0.4) is 0 Å². The van der Waals surface area contributed by atoms with Gasteiger partial charge in [-0.3, -0.25) is 4.79 Å². The van der Waals surface area contributed by atoms with E-state index in [4.69, 9.17) is 9.15 Å². The SMILES string of the molecule is COc1ccc(C)cc1C(C)NC(=O)NC1CCN(C(=O)c2ccco2)CC1. The van der Waals surface area contributed by atoms with Crippen molar-refractivity contribution in [3.05, 3.63) is 53.5 Å². The van der Waals surface area contributed by atoms with Crippen molar-refractivity contribution in [3.8, 4) is 5.75 Å². The van der Waals surface area contributed by atoms with Crippen LogP contribution in [0.15, 0.2) is 41.0 Å². The van der Waals surface area contributed by atoms with Crippen LogP contribution in [0.4, 0.5) is 4.79 Å². The van der Waals surface area contributed by atoms with Gasteiger partial charge < -0.3 is 24.7 Å². The molecule has 0 spiro atoms. The molecule has 7 nitrogen and oxygen atoms in total. The molecule has 0 bridgehead atoms. The van der Waals surface area contributed by atoms with Crippen LogP contribution in [0.2, 0.25) is 0 Å². The number of carbonyl (C=O) groups excluding carboxylic acids is 2. The molecular weight excluding hydrogens is 358 g/mol. The molecule has 2 aromatic rings. The number of ether oxygens (including phenoxy) is 1. The molecule has 1 fully saturated rings. The number of likely N-dealkylation sites (tertiary alicyclic amines) is 1. The molecule has 1 saturated heterocycles. The van der Waals surface area contributed by atoms with E-state index in [2.05, 4.69) is 10.6 Å². The number of urea groups is 1. The van der Waals surface area contributed by atoms with E-state index in [0.717, 1.165) is 16.9 Å². The lowest BCUT2D eigenvalue weighted by Crippen LogP contribution is -2.49. The monoisotopic (exact) mass is 385 g/mol. The van der Waals surface area contributed by atoms with Crippen molar-refractivity contribution in [1.82, 2.24) is 15.5 Å². The number of benzene rings is 1. The maximum absolute atomic E-state index is 12.4. The van der Waals surface area contributed by atoms with Gasteiger partial charge in [0.05, 0.1) is 19.4 Å². The standard InChI is InChI=1S/C21H27N3O4/c1-14-6-7-18(27-3)17(13-14)15(2)22-21(26)23-16-8-10-24(11-9-16)20(25)19-5-4-12-28-19/h4-7,12-13,15-16H,8-11H2,1-3H3,(H2,22,23,26). The van der Waals surface area contributed by atoms with E-state index < -0.39 is 0 Å². The van der Waals surface area contributed by atoms with Gasteiger partial charge in [0.2, 0.25) is 0 Å². The van der Waals surface area contributed by atoms with Gasteiger partial charge >= 0.3 is 6.03 Å². The van der Waals surface area contributed by atoms with Gasteiger partial charge in [0.15, 0.2) is 5.76 Å². The number of piperidine rings is 1. The molecule has 2 heterocycles. The first kappa shape index (κ1) is 19.8. The average Bonchev–Trinajstić information content (AvgIpc) is 3.22. The molecule has 1 aliphatic rings. The van der Waals surface area contributed by atoms with Crippen LogP contribution in [0.5, 0.6) is 5.75 Å². The van der Waals surface area contributed by atoms with Crippen molar-refractivity contribution in [1.29, 1.82) is 0 Å². The smallest absolute Gasteiger partial charge is 0.315 e. The molecule has 1 aliphatic heterocycles. The van der Waals surface area contributed by atoms with Gasteiger partial charge in [-0.25, -0.2) is 4.79 Å². The summed E-state index contributed by atoms with van der Waals surface area (Å²) >= 11 is 0. The predicted octanol–water partition coefficient (Wildman–Crippen LogP) is 3.26. The van der Waals surface area contributed by atoms with Crippen LogP contribution in [0.1, 0.15) is 47.5 Å². The number of furan rings is 1. The highest BCUT2D eigenvalue weighted by Crippen LogP contribution is 2.26. The molecule has 7 heteroatoms. The zero-order valence-electron chi connectivity index (χ0n) is 16.5. The van der Waals surface area contributed by atoms with Gasteiger partial charge in [-0.2, -0.15) is 0 Å². The van der Waals surface area contributed by atoms with Crippen LogP contribution >= 0.6 is 0 Å². The number of nitrogens with one attached hydrogen (secondary N) is 2. The van der Waals surface area contributed by atoms with E-state index in [9.17, 15) is 9.59 Å². The topological polar surface area (TPSA) is 83.8 Å². The Hall–Kier alpha value is -2.96. The van der Waals surface area contributed by atoms with Crippen LogP contribution in [0.25, 0.3) is 0 Å². The van der Waals surface area contributed by atoms with Gasteiger partial charge in [0.25, 0.3) is 5.91 Å². The molecule has 1 aromatic heterocycles. The number of hydrogen-bond donors (Lipinski definition) is 2. The minimum atomic E-state index is -0.216. The van der Waals surface area contributed by atoms with E-state index >= 15 is 0 Å². The zero-order chi connectivity index (χ0) is 20.1. The summed E-state index contributed by atoms with van der Waals surface area (Å²) < 4.78 is 10.6. The summed E-state index contributed by atoms with van der Waals surface area (Å²) in [5.74, 6) is 1.00. The third kappa shape index (κ3) is 4.65. The second kappa shape index (κ2) is 8.82. The third-order valence-corrected chi connectivity index (χ3v) is 5.05. The lowest BCUT2D eigenvalue weighted by atomic mass is 10.0. The van der Waals surface area contributed by atoms with E-state index in [1.54, 1.807) is 24.1 Å². The molecule has 0 radical (unpaired) electrons. The van der Waals surface area contributed by atoms with Gasteiger partial charge in [-0.05, 0) is 44.9 Å². The van der Waals surface area contributed by atoms with Gasteiger partial charge in [0.1, 0.15) is 5.75 Å². The fraction of sp³-hybridized carbons (Fsp3) is 0.429. The second-order valence-corrected chi connectivity index (χ2v) is 7.13. The number of methoxy groups -OCH3 is 1. The van der Waals surface area contributed by atoms with Gasteiger partial charge in [-0.15, -0.1) is 0 Å². The molecular formula is C21H27N3O4. The highest BCUT2D eigenvalue weighted by Gasteiger charge is 2.26. The lowest BCUT2D eigenvalue weighted by molar-refractivity contribution is 0.0676. The quantitative estimate of drug-likeness (QED) is 0.827. The Balaban J connectivity index is 1.49. The highest BCUT2D eigenvalue weighted by molar-refractivity contribution is 5.91. The first-order valence-corrected chi connectivity index (χ1v) is 9.52. The van der Waals surface area contributed by atoms with Crippen LogP contribution < -0.4 is 15.4 Å². The number of carbonyl (C=O) groups is 2. The Morgan fingerprint density at radius 3 is 2.64 bits per heavy atom. The highest BCUT2D eigenvalue weighted by atomic mass is 16.5. The van der Waals surface area contributed by atoms with Crippen molar-refractivity contribution >= 4 is 11.9 Å². The lowest BCUT2D eigenvalue weighted by Gasteiger charge is -2.32. The molecule has 28 heavy (non-hydrogen) atoms. The summed E-state index contributed by atoms with van der Waals surface area (Å²) in [6.45, 7) is 5.12. The van der Waals surface area contributed by atoms with E-state index in [-0.39, 0.29) is 24.0 Å². The molecule has 1 aromatic carbocycles. The summed E-state index contributed by atoms with van der Waals surface area (Å²) in [4.78, 5) is 26.5. The van der Waals surface area contributed by atoms with Crippen molar-refractivity contribution in [3.63, 3.8) is 0 Å². The summed E-state index contributed by atoms with van der Waals surface area (Å²) in [6, 6.07) is 8.91. The maximum Gasteiger partial charge on any atom is 0.315 e. The van der Waals surface area contributed by atoms with E-state index in [0.29, 0.717) is 31.7 Å². The minimum Gasteiger partial charge on any atom is -0.496 e. The molecule has 2 N–H and O–H groups in total. The normalized spacial score (nSPS) is 15.8. The van der Waals surface area contributed by atoms with Crippen molar-refractivity contribution in [2.24, 2.45) is 0 Å². The number of hydrogen-bond acceptors (Lipinski definition) is 4. The molecule has 1 atom stereocenters. The summed E-state index contributed by atoms with van der Waals surface area (Å²) in [7, 11) is 1.62. The van der Waals surface area contributed by atoms with Gasteiger partial charge in [0, 0.05) is 24.7 Å². The van der Waals surface area contributed by atoms with E-state index in [1.165, 1.54) is 6.26 Å². The minimum absolute atomic E-state index is 0.0345. The largest absolute Gasteiger partial charge is 0.496 e. The second-order valence-electron chi connectivity index (χ2n) is 7.13.